The summed E-state index contributed by atoms with van der Waals surface area (Å²) in [5.41, 5.74) is 2.68. The summed E-state index contributed by atoms with van der Waals surface area (Å²) in [6.07, 6.45) is 3.42. The lowest BCUT2D eigenvalue weighted by atomic mass is 9.98. The van der Waals surface area contributed by atoms with Crippen molar-refractivity contribution in [2.75, 3.05) is 0 Å². The lowest BCUT2D eigenvalue weighted by Gasteiger charge is -2.04. The molecule has 0 unspecified atom stereocenters. The Morgan fingerprint density at radius 2 is 1.64 bits per heavy atom. The monoisotopic (exact) mass is 292 g/mol. The molecule has 1 aromatic heterocycles. The van der Waals surface area contributed by atoms with Gasteiger partial charge in [-0.05, 0) is 17.7 Å². The molecule has 0 aliphatic rings. The lowest BCUT2D eigenvalue weighted by Crippen LogP contribution is -2.01. The van der Waals surface area contributed by atoms with Crippen molar-refractivity contribution in [3.63, 3.8) is 0 Å². The van der Waals surface area contributed by atoms with Gasteiger partial charge in [0, 0.05) is 41.2 Å². The van der Waals surface area contributed by atoms with Gasteiger partial charge in [-0.15, -0.1) is 0 Å². The van der Waals surface area contributed by atoms with E-state index in [1.807, 2.05) is 30.3 Å². The van der Waals surface area contributed by atoms with Crippen molar-refractivity contribution < 1.29 is 9.72 Å². The molecule has 0 spiro atoms. The number of nitro groups is 1. The predicted octanol–water partition coefficient (Wildman–Crippen LogP) is 3.82. The Hall–Kier alpha value is -3.21. The number of non-ortho nitro benzene ring substituents is 1. The molecule has 0 amide bonds. The average molecular weight is 292 g/mol. The van der Waals surface area contributed by atoms with Gasteiger partial charge in [-0.3, -0.25) is 14.9 Å². The summed E-state index contributed by atoms with van der Waals surface area (Å²) in [7, 11) is 0. The average Bonchev–Trinajstić information content (AvgIpc) is 3.04. The Kier molecular flexibility index (Phi) is 3.53. The number of hydrogen-bond acceptors (Lipinski definition) is 3. The molecule has 1 heterocycles. The maximum Gasteiger partial charge on any atom is 0.269 e. The van der Waals surface area contributed by atoms with Gasteiger partial charge in [-0.25, -0.2) is 0 Å². The summed E-state index contributed by atoms with van der Waals surface area (Å²) >= 11 is 0. The van der Waals surface area contributed by atoms with Crippen LogP contribution in [0.4, 0.5) is 5.69 Å². The zero-order chi connectivity index (χ0) is 15.5. The van der Waals surface area contributed by atoms with Crippen LogP contribution in [0.3, 0.4) is 0 Å². The molecule has 3 aromatic rings. The maximum atomic E-state index is 12.6. The van der Waals surface area contributed by atoms with Gasteiger partial charge in [-0.2, -0.15) is 0 Å². The van der Waals surface area contributed by atoms with E-state index in [4.69, 9.17) is 0 Å². The molecule has 2 aromatic carbocycles. The van der Waals surface area contributed by atoms with Crippen LogP contribution in [0.2, 0.25) is 0 Å². The van der Waals surface area contributed by atoms with Crippen molar-refractivity contribution in [2.24, 2.45) is 0 Å². The normalized spacial score (nSPS) is 10.4. The van der Waals surface area contributed by atoms with Crippen molar-refractivity contribution in [2.45, 2.75) is 0 Å². The number of benzene rings is 2. The summed E-state index contributed by atoms with van der Waals surface area (Å²) in [6, 6.07) is 15.2. The molecular weight excluding hydrogens is 280 g/mol. The molecule has 22 heavy (non-hydrogen) atoms. The highest BCUT2D eigenvalue weighted by Gasteiger charge is 2.16. The Balaban J connectivity index is 1.97. The predicted molar refractivity (Wildman–Crippen MR) is 82.8 cm³/mol. The number of carbonyl (C=O) groups is 1. The molecular formula is C17H12N2O3. The van der Waals surface area contributed by atoms with E-state index >= 15 is 0 Å². The molecule has 0 aliphatic heterocycles. The third kappa shape index (κ3) is 2.52. The number of rotatable bonds is 4. The van der Waals surface area contributed by atoms with Crippen molar-refractivity contribution >= 4 is 11.5 Å². The molecule has 1 N–H and O–H groups in total. The van der Waals surface area contributed by atoms with Crippen LogP contribution in [0.15, 0.2) is 67.0 Å². The van der Waals surface area contributed by atoms with Crippen molar-refractivity contribution in [3.05, 3.63) is 88.2 Å². The van der Waals surface area contributed by atoms with Gasteiger partial charge in [0.05, 0.1) is 4.92 Å². The molecule has 0 saturated carbocycles. The van der Waals surface area contributed by atoms with E-state index in [1.165, 1.54) is 24.3 Å². The van der Waals surface area contributed by atoms with E-state index in [2.05, 4.69) is 4.98 Å². The minimum absolute atomic E-state index is 0.0334. The Morgan fingerprint density at radius 3 is 2.27 bits per heavy atom. The smallest absolute Gasteiger partial charge is 0.269 e. The van der Waals surface area contributed by atoms with Gasteiger partial charge < -0.3 is 4.98 Å². The van der Waals surface area contributed by atoms with E-state index in [9.17, 15) is 14.9 Å². The first-order valence-corrected chi connectivity index (χ1v) is 6.68. The van der Waals surface area contributed by atoms with Crippen LogP contribution >= 0.6 is 0 Å². The quantitative estimate of drug-likeness (QED) is 0.451. The topological polar surface area (TPSA) is 76.0 Å². The van der Waals surface area contributed by atoms with Crippen molar-refractivity contribution in [1.82, 2.24) is 4.98 Å². The Labute approximate surface area is 126 Å². The van der Waals surface area contributed by atoms with Crippen LogP contribution in [-0.4, -0.2) is 15.7 Å². The van der Waals surface area contributed by atoms with Crippen molar-refractivity contribution in [1.29, 1.82) is 0 Å². The zero-order valence-electron chi connectivity index (χ0n) is 11.5. The summed E-state index contributed by atoms with van der Waals surface area (Å²) in [6.45, 7) is 0. The standard InChI is InChI=1S/C17H12N2O3/c20-17(13-6-8-14(9-7-13)19(21)22)16-11-18-10-15(16)12-4-2-1-3-5-12/h1-11,18H. The molecule has 5 heteroatoms. The first-order valence-electron chi connectivity index (χ1n) is 6.68. The Morgan fingerprint density at radius 1 is 0.955 bits per heavy atom. The summed E-state index contributed by atoms with van der Waals surface area (Å²) in [5.74, 6) is -0.171. The van der Waals surface area contributed by atoms with Gasteiger partial charge in [0.25, 0.3) is 5.69 Å². The van der Waals surface area contributed by atoms with Crippen LogP contribution < -0.4 is 0 Å². The van der Waals surface area contributed by atoms with E-state index in [0.29, 0.717) is 11.1 Å². The summed E-state index contributed by atoms with van der Waals surface area (Å²) < 4.78 is 0. The second-order valence-electron chi connectivity index (χ2n) is 4.78. The molecule has 0 radical (unpaired) electrons. The van der Waals surface area contributed by atoms with Gasteiger partial charge in [-0.1, -0.05) is 30.3 Å². The third-order valence-corrected chi connectivity index (χ3v) is 3.42. The van der Waals surface area contributed by atoms with Gasteiger partial charge >= 0.3 is 0 Å². The van der Waals surface area contributed by atoms with Crippen LogP contribution in [-0.2, 0) is 0 Å². The minimum atomic E-state index is -0.486. The second kappa shape index (κ2) is 5.65. The number of nitrogens with one attached hydrogen (secondary N) is 1. The molecule has 108 valence electrons. The number of aromatic amines is 1. The highest BCUT2D eigenvalue weighted by atomic mass is 16.6. The number of H-pyrrole nitrogens is 1. The van der Waals surface area contributed by atoms with E-state index < -0.39 is 4.92 Å². The van der Waals surface area contributed by atoms with Gasteiger partial charge in [0.1, 0.15) is 0 Å². The molecule has 0 aliphatic carbocycles. The molecule has 0 bridgehead atoms. The summed E-state index contributed by atoms with van der Waals surface area (Å²) in [5, 5.41) is 10.7. The van der Waals surface area contributed by atoms with Crippen LogP contribution in [0, 0.1) is 10.1 Å². The minimum Gasteiger partial charge on any atom is -0.366 e. The number of hydrogen-bond donors (Lipinski definition) is 1. The molecule has 0 fully saturated rings. The molecule has 5 nitrogen and oxygen atoms in total. The van der Waals surface area contributed by atoms with Crippen LogP contribution in [0.25, 0.3) is 11.1 Å². The van der Waals surface area contributed by atoms with Gasteiger partial charge in [0.2, 0.25) is 0 Å². The Bertz CT molecular complexity index is 821. The van der Waals surface area contributed by atoms with E-state index in [0.717, 1.165) is 11.1 Å². The van der Waals surface area contributed by atoms with Crippen LogP contribution in [0.1, 0.15) is 15.9 Å². The number of ketones is 1. The highest BCUT2D eigenvalue weighted by Crippen LogP contribution is 2.26. The fraction of sp³-hybridized carbons (Fsp3) is 0. The molecule has 0 atom stereocenters. The fourth-order valence-corrected chi connectivity index (χ4v) is 2.30. The first kappa shape index (κ1) is 13.8. The van der Waals surface area contributed by atoms with Gasteiger partial charge in [0.15, 0.2) is 5.78 Å². The number of nitrogens with zero attached hydrogens (tertiary/aromatic N) is 1. The number of nitro benzene ring substituents is 1. The SMILES string of the molecule is O=C(c1ccc([N+](=O)[O-])cc1)c1c[nH]cc1-c1ccccc1. The number of carbonyl (C=O) groups excluding carboxylic acids is 1. The molecule has 3 rings (SSSR count). The highest BCUT2D eigenvalue weighted by molar-refractivity contribution is 6.12. The fourth-order valence-electron chi connectivity index (χ4n) is 2.30. The van der Waals surface area contributed by atoms with Crippen LogP contribution in [0.5, 0.6) is 0 Å². The first-order chi connectivity index (χ1) is 10.7. The largest absolute Gasteiger partial charge is 0.366 e. The van der Waals surface area contributed by atoms with E-state index in [1.54, 1.807) is 12.4 Å². The van der Waals surface area contributed by atoms with Crippen molar-refractivity contribution in [3.8, 4) is 11.1 Å². The maximum absolute atomic E-state index is 12.6. The van der Waals surface area contributed by atoms with E-state index in [-0.39, 0.29) is 11.5 Å². The third-order valence-electron chi connectivity index (χ3n) is 3.42. The number of aromatic nitrogens is 1. The molecule has 0 saturated heterocycles. The lowest BCUT2D eigenvalue weighted by molar-refractivity contribution is -0.384. The zero-order valence-corrected chi connectivity index (χ0v) is 11.5. The summed E-state index contributed by atoms with van der Waals surface area (Å²) in [4.78, 5) is 25.7. The second-order valence-corrected chi connectivity index (χ2v) is 4.78.